The van der Waals surface area contributed by atoms with Crippen LogP contribution in [0.1, 0.15) is 22.8 Å². The fourth-order valence-electron chi connectivity index (χ4n) is 3.03. The molecule has 1 aliphatic heterocycles. The first-order chi connectivity index (χ1) is 13.5. The van der Waals surface area contributed by atoms with Crippen LogP contribution in [-0.4, -0.2) is 61.3 Å². The number of carbonyl (C=O) groups is 1. The number of rotatable bonds is 5. The molecule has 0 radical (unpaired) electrons. The van der Waals surface area contributed by atoms with Gasteiger partial charge in [0.1, 0.15) is 11.6 Å². The van der Waals surface area contributed by atoms with Crippen molar-refractivity contribution in [3.63, 3.8) is 0 Å². The number of nitriles is 1. The van der Waals surface area contributed by atoms with Crippen LogP contribution in [0.15, 0.2) is 47.5 Å². The van der Waals surface area contributed by atoms with E-state index in [0.717, 1.165) is 0 Å². The largest absolute Gasteiger partial charge is 0.477 e. The first-order valence-electron chi connectivity index (χ1n) is 8.85. The lowest BCUT2D eigenvalue weighted by Gasteiger charge is -2.34. The van der Waals surface area contributed by atoms with Crippen molar-refractivity contribution in [2.75, 3.05) is 32.8 Å². The number of sulfonamides is 1. The van der Waals surface area contributed by atoms with Crippen LogP contribution in [-0.2, 0) is 10.0 Å². The maximum absolute atomic E-state index is 12.9. The molecule has 0 bridgehead atoms. The predicted molar refractivity (Wildman–Crippen MR) is 101 cm³/mol. The van der Waals surface area contributed by atoms with E-state index in [0.29, 0.717) is 12.2 Å². The minimum Gasteiger partial charge on any atom is -0.477 e. The van der Waals surface area contributed by atoms with Crippen LogP contribution < -0.4 is 4.74 Å². The minimum atomic E-state index is -3.80. The average molecular weight is 400 g/mol. The molecule has 0 atom stereocenters. The van der Waals surface area contributed by atoms with Gasteiger partial charge in [0, 0.05) is 32.4 Å². The van der Waals surface area contributed by atoms with Gasteiger partial charge < -0.3 is 9.64 Å². The van der Waals surface area contributed by atoms with Crippen molar-refractivity contribution in [3.05, 3.63) is 53.7 Å². The molecular formula is C19H20N4O4S. The van der Waals surface area contributed by atoms with Gasteiger partial charge in [-0.15, -0.1) is 0 Å². The highest BCUT2D eigenvalue weighted by molar-refractivity contribution is 7.89. The fourth-order valence-corrected chi connectivity index (χ4v) is 4.59. The molecule has 0 saturated carbocycles. The Morgan fingerprint density at radius 3 is 2.57 bits per heavy atom. The van der Waals surface area contributed by atoms with E-state index in [2.05, 4.69) is 4.98 Å². The average Bonchev–Trinajstić information content (AvgIpc) is 2.74. The highest BCUT2D eigenvalue weighted by atomic mass is 32.2. The van der Waals surface area contributed by atoms with Crippen LogP contribution in [0.25, 0.3) is 0 Å². The Kier molecular flexibility index (Phi) is 5.92. The lowest BCUT2D eigenvalue weighted by Crippen LogP contribution is -2.50. The molecule has 1 amide bonds. The zero-order valence-corrected chi connectivity index (χ0v) is 16.2. The molecule has 8 nitrogen and oxygen atoms in total. The predicted octanol–water partition coefficient (Wildman–Crippen LogP) is 1.50. The van der Waals surface area contributed by atoms with E-state index in [1.807, 2.05) is 13.0 Å². The van der Waals surface area contributed by atoms with Gasteiger partial charge in [0.25, 0.3) is 5.91 Å². The molecular weight excluding hydrogens is 380 g/mol. The Labute approximate surface area is 164 Å². The van der Waals surface area contributed by atoms with Gasteiger partial charge in [0.2, 0.25) is 15.9 Å². The fraction of sp³-hybridized carbons (Fsp3) is 0.316. The topological polar surface area (TPSA) is 104 Å². The van der Waals surface area contributed by atoms with Crippen LogP contribution in [0, 0.1) is 11.3 Å². The number of aromatic nitrogens is 1. The molecule has 2 heterocycles. The second kappa shape index (κ2) is 8.37. The van der Waals surface area contributed by atoms with E-state index < -0.39 is 10.0 Å². The number of benzene rings is 1. The number of hydrogen-bond acceptors (Lipinski definition) is 6. The summed E-state index contributed by atoms with van der Waals surface area (Å²) in [6.45, 7) is 2.99. The summed E-state index contributed by atoms with van der Waals surface area (Å²) in [5, 5.41) is 9.19. The van der Waals surface area contributed by atoms with Gasteiger partial charge in [0.05, 0.1) is 17.1 Å². The third-order valence-corrected chi connectivity index (χ3v) is 6.39. The summed E-state index contributed by atoms with van der Waals surface area (Å²) in [4.78, 5) is 18.5. The van der Waals surface area contributed by atoms with Crippen molar-refractivity contribution in [2.45, 2.75) is 11.8 Å². The van der Waals surface area contributed by atoms with E-state index in [1.165, 1.54) is 16.4 Å². The zero-order valence-electron chi connectivity index (χ0n) is 15.4. The number of nitrogens with zero attached hydrogens (tertiary/aromatic N) is 4. The normalized spacial score (nSPS) is 15.1. The van der Waals surface area contributed by atoms with Gasteiger partial charge in [-0.05, 0) is 31.2 Å². The maximum atomic E-state index is 12.9. The Morgan fingerprint density at radius 2 is 1.89 bits per heavy atom. The van der Waals surface area contributed by atoms with Crippen molar-refractivity contribution >= 4 is 15.9 Å². The lowest BCUT2D eigenvalue weighted by molar-refractivity contribution is 0.0692. The second-order valence-corrected chi connectivity index (χ2v) is 8.00. The van der Waals surface area contributed by atoms with E-state index in [4.69, 9.17) is 4.74 Å². The highest BCUT2D eigenvalue weighted by Crippen LogP contribution is 2.23. The molecule has 0 spiro atoms. The van der Waals surface area contributed by atoms with Crippen molar-refractivity contribution < 1.29 is 17.9 Å². The summed E-state index contributed by atoms with van der Waals surface area (Å²) in [5.74, 6) is 0.0269. The zero-order chi connectivity index (χ0) is 20.1. The number of piperazine rings is 1. The van der Waals surface area contributed by atoms with Crippen LogP contribution in [0.4, 0.5) is 0 Å². The number of hydrogen-bond donors (Lipinski definition) is 0. The molecule has 0 N–H and O–H groups in total. The third-order valence-electron chi connectivity index (χ3n) is 4.43. The Hall–Kier alpha value is -2.96. The molecule has 1 aliphatic rings. The van der Waals surface area contributed by atoms with Gasteiger partial charge in [0.15, 0.2) is 0 Å². The van der Waals surface area contributed by atoms with Gasteiger partial charge >= 0.3 is 0 Å². The van der Waals surface area contributed by atoms with E-state index in [1.54, 1.807) is 35.4 Å². The molecule has 1 aromatic carbocycles. The molecule has 0 aliphatic carbocycles. The quantitative estimate of drug-likeness (QED) is 0.753. The summed E-state index contributed by atoms with van der Waals surface area (Å²) >= 11 is 0. The summed E-state index contributed by atoms with van der Waals surface area (Å²) in [7, 11) is -3.80. The Bertz CT molecular complexity index is 1010. The standard InChI is InChI=1S/C19H20N4O4S/c1-2-27-18-16(7-5-9-21-18)19(24)22-10-12-23(13-11-22)28(25,26)17-8-4-3-6-15(17)14-20/h3-9H,2,10-13H2,1H3. The summed E-state index contributed by atoms with van der Waals surface area (Å²) in [6.07, 6.45) is 1.55. The maximum Gasteiger partial charge on any atom is 0.259 e. The molecule has 9 heteroatoms. The van der Waals surface area contributed by atoms with E-state index in [9.17, 15) is 18.5 Å². The molecule has 146 valence electrons. The summed E-state index contributed by atoms with van der Waals surface area (Å²) in [6, 6.07) is 11.3. The van der Waals surface area contributed by atoms with Crippen molar-refractivity contribution in [1.82, 2.24) is 14.2 Å². The van der Waals surface area contributed by atoms with Crippen LogP contribution >= 0.6 is 0 Å². The Balaban J connectivity index is 1.74. The molecule has 2 aromatic rings. The molecule has 28 heavy (non-hydrogen) atoms. The van der Waals surface area contributed by atoms with Gasteiger partial charge in [-0.2, -0.15) is 9.57 Å². The highest BCUT2D eigenvalue weighted by Gasteiger charge is 2.32. The SMILES string of the molecule is CCOc1ncccc1C(=O)N1CCN(S(=O)(=O)c2ccccc2C#N)CC1. The molecule has 3 rings (SSSR count). The van der Waals surface area contributed by atoms with Crippen LogP contribution in [0.2, 0.25) is 0 Å². The van der Waals surface area contributed by atoms with Gasteiger partial charge in [-0.3, -0.25) is 4.79 Å². The van der Waals surface area contributed by atoms with Crippen LogP contribution in [0.3, 0.4) is 0 Å². The molecule has 1 saturated heterocycles. The summed E-state index contributed by atoms with van der Waals surface area (Å²) in [5.41, 5.74) is 0.466. The first kappa shape index (κ1) is 19.8. The minimum absolute atomic E-state index is 0.0110. The van der Waals surface area contributed by atoms with Crippen molar-refractivity contribution in [3.8, 4) is 11.9 Å². The van der Waals surface area contributed by atoms with Crippen molar-refractivity contribution in [1.29, 1.82) is 5.26 Å². The van der Waals surface area contributed by atoms with E-state index >= 15 is 0 Å². The number of amides is 1. The van der Waals surface area contributed by atoms with Crippen molar-refractivity contribution in [2.24, 2.45) is 0 Å². The van der Waals surface area contributed by atoms with Gasteiger partial charge in [-0.1, -0.05) is 12.1 Å². The van der Waals surface area contributed by atoms with Gasteiger partial charge in [-0.25, -0.2) is 13.4 Å². The first-order valence-corrected chi connectivity index (χ1v) is 10.3. The molecule has 1 fully saturated rings. The smallest absolute Gasteiger partial charge is 0.259 e. The second-order valence-electron chi connectivity index (χ2n) is 6.09. The summed E-state index contributed by atoms with van der Waals surface area (Å²) < 4.78 is 32.5. The Morgan fingerprint density at radius 1 is 1.18 bits per heavy atom. The number of carbonyl (C=O) groups excluding carboxylic acids is 1. The lowest BCUT2D eigenvalue weighted by atomic mass is 10.2. The van der Waals surface area contributed by atoms with E-state index in [-0.39, 0.29) is 48.4 Å². The number of ether oxygens (including phenoxy) is 1. The van der Waals surface area contributed by atoms with Crippen LogP contribution in [0.5, 0.6) is 5.88 Å². The molecule has 0 unspecified atom stereocenters. The monoisotopic (exact) mass is 400 g/mol. The molecule has 1 aromatic heterocycles. The number of pyridine rings is 1. The third kappa shape index (κ3) is 3.83.